The van der Waals surface area contributed by atoms with Crippen LogP contribution in [0.25, 0.3) is 11.1 Å². The molecule has 1 amide bonds. The number of nitrogens with one attached hydrogen (secondary N) is 1. The number of carbonyl (C=O) groups is 4. The van der Waals surface area contributed by atoms with Crippen LogP contribution in [0.3, 0.4) is 0 Å². The number of Topliss-reactive ketones (excluding diaryl/α,β-unsaturated/α-hetero) is 1. The molecule has 0 bridgehead atoms. The van der Waals surface area contributed by atoms with E-state index in [9.17, 15) is 19.2 Å². The van der Waals surface area contributed by atoms with Crippen molar-refractivity contribution in [2.24, 2.45) is 17.6 Å². The molecule has 2 aromatic carbocycles. The van der Waals surface area contributed by atoms with Gasteiger partial charge >= 0.3 is 12.1 Å². The smallest absolute Gasteiger partial charge is 0.407 e. The van der Waals surface area contributed by atoms with Gasteiger partial charge in [0.1, 0.15) is 24.9 Å². The molecule has 8 nitrogen and oxygen atoms in total. The maximum absolute atomic E-state index is 12.7. The van der Waals surface area contributed by atoms with Crippen LogP contribution < -0.4 is 11.1 Å². The van der Waals surface area contributed by atoms with Gasteiger partial charge in [0.25, 0.3) is 0 Å². The van der Waals surface area contributed by atoms with Crippen LogP contribution in [0.1, 0.15) is 30.9 Å². The number of alkyl carbamates (subject to hydrolysis) is 1. The fourth-order valence-electron chi connectivity index (χ4n) is 4.02. The Kier molecular flexibility index (Phi) is 7.05. The minimum absolute atomic E-state index is 0.0601. The minimum Gasteiger partial charge on any atom is -0.480 e. The van der Waals surface area contributed by atoms with Crippen LogP contribution in [0, 0.1) is 11.8 Å². The van der Waals surface area contributed by atoms with Gasteiger partial charge in [0.2, 0.25) is 0 Å². The van der Waals surface area contributed by atoms with Gasteiger partial charge in [-0.05, 0) is 28.2 Å². The summed E-state index contributed by atoms with van der Waals surface area (Å²) >= 11 is 0. The second kappa shape index (κ2) is 9.74. The number of nitrogens with two attached hydrogens (primary N) is 1. The van der Waals surface area contributed by atoms with Crippen LogP contribution >= 0.6 is 0 Å². The second-order valence-corrected chi connectivity index (χ2v) is 8.12. The SMILES string of the molecule is CC(C)C(NC(=O)OCC1c2ccccc2-c2ccccc21)C(=O)C(C=O)C(N)C(=O)O. The van der Waals surface area contributed by atoms with Crippen LogP contribution in [-0.4, -0.2) is 47.9 Å². The van der Waals surface area contributed by atoms with E-state index in [2.05, 4.69) is 5.32 Å². The van der Waals surface area contributed by atoms with Gasteiger partial charge in [0.05, 0.1) is 6.04 Å². The Morgan fingerprint density at radius 2 is 1.59 bits per heavy atom. The van der Waals surface area contributed by atoms with Gasteiger partial charge in [-0.25, -0.2) is 4.79 Å². The zero-order chi connectivity index (χ0) is 23.4. The summed E-state index contributed by atoms with van der Waals surface area (Å²) in [5, 5.41) is 11.5. The molecule has 0 aromatic heterocycles. The summed E-state index contributed by atoms with van der Waals surface area (Å²) in [5.74, 6) is -4.37. The molecule has 0 heterocycles. The van der Waals surface area contributed by atoms with E-state index in [1.807, 2.05) is 48.5 Å². The number of ketones is 1. The van der Waals surface area contributed by atoms with Crippen molar-refractivity contribution in [1.29, 1.82) is 0 Å². The first-order chi connectivity index (χ1) is 15.3. The number of hydrogen-bond acceptors (Lipinski definition) is 6. The molecular formula is C24H26N2O6. The number of hydrogen-bond donors (Lipinski definition) is 3. The highest BCUT2D eigenvalue weighted by atomic mass is 16.5. The monoisotopic (exact) mass is 438 g/mol. The molecule has 2 aromatic rings. The van der Waals surface area contributed by atoms with E-state index in [-0.39, 0.29) is 18.8 Å². The summed E-state index contributed by atoms with van der Waals surface area (Å²) in [5.41, 5.74) is 9.75. The highest BCUT2D eigenvalue weighted by Gasteiger charge is 2.37. The molecule has 1 aliphatic carbocycles. The number of amides is 1. The number of aldehydes is 1. The number of carboxylic acids is 1. The Bertz CT molecular complexity index is 989. The molecule has 0 spiro atoms. The van der Waals surface area contributed by atoms with Crippen molar-refractivity contribution in [3.05, 3.63) is 59.7 Å². The molecular weight excluding hydrogens is 412 g/mol. The Balaban J connectivity index is 1.71. The van der Waals surface area contributed by atoms with E-state index in [4.69, 9.17) is 15.6 Å². The van der Waals surface area contributed by atoms with Gasteiger partial charge in [0.15, 0.2) is 5.78 Å². The number of benzene rings is 2. The number of fused-ring (bicyclic) bond motifs is 3. The molecule has 0 aliphatic heterocycles. The lowest BCUT2D eigenvalue weighted by atomic mass is 9.87. The zero-order valence-electron chi connectivity index (χ0n) is 17.9. The number of rotatable bonds is 9. The maximum atomic E-state index is 12.7. The third-order valence-corrected chi connectivity index (χ3v) is 5.74. The predicted octanol–water partition coefficient (Wildman–Crippen LogP) is 2.35. The van der Waals surface area contributed by atoms with Crippen LogP contribution in [0.2, 0.25) is 0 Å². The summed E-state index contributed by atoms with van der Waals surface area (Å²) in [6.07, 6.45) is -0.622. The standard InChI is InChI=1S/C24H26N2O6/c1-13(2)21(22(28)18(11-27)20(25)23(29)30)26-24(31)32-12-19-16-9-5-3-7-14(16)15-8-4-6-10-17(15)19/h3-11,13,18-21H,12,25H2,1-2H3,(H,26,31)(H,29,30). The fraction of sp³-hybridized carbons (Fsp3) is 0.333. The summed E-state index contributed by atoms with van der Waals surface area (Å²) in [6, 6.07) is 13.0. The van der Waals surface area contributed by atoms with E-state index in [0.29, 0.717) is 0 Å². The lowest BCUT2D eigenvalue weighted by Gasteiger charge is -2.25. The topological polar surface area (TPSA) is 136 Å². The highest BCUT2D eigenvalue weighted by molar-refractivity contribution is 6.02. The summed E-state index contributed by atoms with van der Waals surface area (Å²) in [4.78, 5) is 47.7. The van der Waals surface area contributed by atoms with Crippen molar-refractivity contribution in [3.63, 3.8) is 0 Å². The lowest BCUT2D eigenvalue weighted by molar-refractivity contribution is -0.144. The molecule has 32 heavy (non-hydrogen) atoms. The Morgan fingerprint density at radius 1 is 1.06 bits per heavy atom. The van der Waals surface area contributed by atoms with Crippen LogP contribution in [0.5, 0.6) is 0 Å². The molecule has 4 N–H and O–H groups in total. The average Bonchev–Trinajstić information content (AvgIpc) is 3.09. The average molecular weight is 438 g/mol. The molecule has 3 atom stereocenters. The molecule has 0 radical (unpaired) electrons. The lowest BCUT2D eigenvalue weighted by Crippen LogP contribution is -2.53. The molecule has 3 rings (SSSR count). The van der Waals surface area contributed by atoms with Crippen LogP contribution in [0.15, 0.2) is 48.5 Å². The van der Waals surface area contributed by atoms with Crippen molar-refractivity contribution < 1.29 is 29.0 Å². The first-order valence-corrected chi connectivity index (χ1v) is 10.3. The van der Waals surface area contributed by atoms with Crippen molar-refractivity contribution in [3.8, 4) is 11.1 Å². The first kappa shape index (κ1) is 23.1. The molecule has 168 valence electrons. The first-order valence-electron chi connectivity index (χ1n) is 10.3. The van der Waals surface area contributed by atoms with Crippen LogP contribution in [-0.2, 0) is 19.1 Å². The van der Waals surface area contributed by atoms with Crippen molar-refractivity contribution >= 4 is 24.1 Å². The fourth-order valence-corrected chi connectivity index (χ4v) is 4.02. The normalized spacial score (nSPS) is 15.2. The third kappa shape index (κ3) is 4.55. The molecule has 0 saturated carbocycles. The van der Waals surface area contributed by atoms with E-state index in [1.54, 1.807) is 13.8 Å². The van der Waals surface area contributed by atoms with Crippen molar-refractivity contribution in [2.75, 3.05) is 6.61 Å². The van der Waals surface area contributed by atoms with Gasteiger partial charge in [-0.3, -0.25) is 9.59 Å². The highest BCUT2D eigenvalue weighted by Crippen LogP contribution is 2.44. The maximum Gasteiger partial charge on any atom is 0.407 e. The quantitative estimate of drug-likeness (QED) is 0.404. The Labute approximate surface area is 185 Å². The Hall–Kier alpha value is -3.52. The summed E-state index contributed by atoms with van der Waals surface area (Å²) in [7, 11) is 0. The number of carbonyl (C=O) groups excluding carboxylic acids is 3. The van der Waals surface area contributed by atoms with E-state index >= 15 is 0 Å². The van der Waals surface area contributed by atoms with Gasteiger partial charge in [-0.2, -0.15) is 0 Å². The molecule has 1 aliphatic rings. The van der Waals surface area contributed by atoms with Gasteiger partial charge < -0.3 is 25.7 Å². The summed E-state index contributed by atoms with van der Waals surface area (Å²) in [6.45, 7) is 3.39. The predicted molar refractivity (Wildman–Crippen MR) is 117 cm³/mol. The summed E-state index contributed by atoms with van der Waals surface area (Å²) < 4.78 is 5.45. The van der Waals surface area contributed by atoms with Gasteiger partial charge in [-0.1, -0.05) is 62.4 Å². The Morgan fingerprint density at radius 3 is 2.06 bits per heavy atom. The van der Waals surface area contributed by atoms with E-state index < -0.39 is 41.8 Å². The number of carboxylic acid groups (broad SMARTS) is 1. The van der Waals surface area contributed by atoms with Gasteiger partial charge in [-0.15, -0.1) is 0 Å². The largest absolute Gasteiger partial charge is 0.480 e. The van der Waals surface area contributed by atoms with Crippen molar-refractivity contribution in [2.45, 2.75) is 31.8 Å². The van der Waals surface area contributed by atoms with E-state index in [0.717, 1.165) is 22.3 Å². The molecule has 3 unspecified atom stereocenters. The van der Waals surface area contributed by atoms with Crippen molar-refractivity contribution in [1.82, 2.24) is 5.32 Å². The number of ether oxygens (including phenoxy) is 1. The van der Waals surface area contributed by atoms with E-state index in [1.165, 1.54) is 0 Å². The van der Waals surface area contributed by atoms with Gasteiger partial charge in [0, 0.05) is 5.92 Å². The molecule has 8 heteroatoms. The zero-order valence-corrected chi connectivity index (χ0v) is 17.9. The van der Waals surface area contributed by atoms with Crippen LogP contribution in [0.4, 0.5) is 4.79 Å². The third-order valence-electron chi connectivity index (χ3n) is 5.74. The minimum atomic E-state index is -1.69. The molecule has 0 fully saturated rings. The second-order valence-electron chi connectivity index (χ2n) is 8.12. The number of aliphatic carboxylic acids is 1. The molecule has 0 saturated heterocycles.